The highest BCUT2D eigenvalue weighted by Crippen LogP contribution is 2.24. The second kappa shape index (κ2) is 4.26. The Hall–Kier alpha value is -2.15. The summed E-state index contributed by atoms with van der Waals surface area (Å²) in [5.41, 5.74) is 8.36. The molecule has 0 radical (unpaired) electrons. The summed E-state index contributed by atoms with van der Waals surface area (Å²) in [6, 6.07) is 0. The lowest BCUT2D eigenvalue weighted by Gasteiger charge is -1.93. The van der Waals surface area contributed by atoms with Gasteiger partial charge in [-0.3, -0.25) is 4.68 Å². The van der Waals surface area contributed by atoms with Crippen molar-refractivity contribution in [1.29, 1.82) is 0 Å². The minimum atomic E-state index is 0.424. The molecule has 3 aromatic heterocycles. The van der Waals surface area contributed by atoms with E-state index in [0.717, 1.165) is 11.1 Å². The van der Waals surface area contributed by atoms with Crippen LogP contribution in [0.25, 0.3) is 11.4 Å². The molecule has 0 amide bonds. The van der Waals surface area contributed by atoms with Gasteiger partial charge in [-0.2, -0.15) is 21.4 Å². The van der Waals surface area contributed by atoms with Gasteiger partial charge < -0.3 is 10.3 Å². The minimum Gasteiger partial charge on any atom is -0.396 e. The summed E-state index contributed by atoms with van der Waals surface area (Å²) in [6.45, 7) is 2.45. The quantitative estimate of drug-likeness (QED) is 0.779. The molecule has 92 valence electrons. The molecular formula is C11H11N5OS. The Kier molecular flexibility index (Phi) is 2.60. The predicted molar refractivity (Wildman–Crippen MR) is 68.1 cm³/mol. The van der Waals surface area contributed by atoms with Gasteiger partial charge in [0.25, 0.3) is 0 Å². The fourth-order valence-corrected chi connectivity index (χ4v) is 2.45. The Morgan fingerprint density at radius 1 is 1.44 bits per heavy atom. The molecule has 7 heteroatoms. The maximum absolute atomic E-state index is 5.59. The van der Waals surface area contributed by atoms with E-state index in [4.69, 9.17) is 10.3 Å². The Balaban J connectivity index is 1.84. The van der Waals surface area contributed by atoms with Crippen molar-refractivity contribution < 1.29 is 4.52 Å². The van der Waals surface area contributed by atoms with Crippen LogP contribution < -0.4 is 5.73 Å². The fraction of sp³-hybridized carbons (Fsp3) is 0.182. The monoisotopic (exact) mass is 261 g/mol. The Labute approximate surface area is 107 Å². The zero-order valence-corrected chi connectivity index (χ0v) is 10.5. The standard InChI is InChI=1S/C11H11N5OS/c1-7-5-18-6-9(7)11-14-10(17-15-11)4-16-3-8(12)2-13-16/h2-3,5-6H,4,12H2,1H3. The Bertz CT molecular complexity index is 668. The highest BCUT2D eigenvalue weighted by molar-refractivity contribution is 7.08. The molecular weight excluding hydrogens is 250 g/mol. The molecule has 0 aliphatic heterocycles. The van der Waals surface area contributed by atoms with Gasteiger partial charge >= 0.3 is 0 Å². The van der Waals surface area contributed by atoms with E-state index in [1.165, 1.54) is 0 Å². The number of hydrogen-bond acceptors (Lipinski definition) is 6. The van der Waals surface area contributed by atoms with Crippen LogP contribution in [0.2, 0.25) is 0 Å². The predicted octanol–water partition coefficient (Wildman–Crippen LogP) is 1.93. The number of rotatable bonds is 3. The van der Waals surface area contributed by atoms with Gasteiger partial charge in [-0.05, 0) is 17.9 Å². The van der Waals surface area contributed by atoms with Crippen LogP contribution in [-0.2, 0) is 6.54 Å². The molecule has 0 atom stereocenters. The number of anilines is 1. The average molecular weight is 261 g/mol. The number of nitrogens with zero attached hydrogens (tertiary/aromatic N) is 4. The molecule has 0 bridgehead atoms. The normalized spacial score (nSPS) is 10.9. The molecule has 0 aromatic carbocycles. The molecule has 0 aliphatic rings. The van der Waals surface area contributed by atoms with E-state index in [9.17, 15) is 0 Å². The fourth-order valence-electron chi connectivity index (χ4n) is 1.62. The molecule has 0 aliphatic carbocycles. The first-order chi connectivity index (χ1) is 8.72. The van der Waals surface area contributed by atoms with Crippen LogP contribution in [0.15, 0.2) is 27.7 Å². The van der Waals surface area contributed by atoms with Crippen molar-refractivity contribution in [2.75, 3.05) is 5.73 Å². The van der Waals surface area contributed by atoms with E-state index in [-0.39, 0.29) is 0 Å². The highest BCUT2D eigenvalue weighted by atomic mass is 32.1. The third-order valence-electron chi connectivity index (χ3n) is 2.52. The lowest BCUT2D eigenvalue weighted by Crippen LogP contribution is -2.00. The van der Waals surface area contributed by atoms with Crippen LogP contribution in [0.3, 0.4) is 0 Å². The number of aryl methyl sites for hydroxylation is 1. The summed E-state index contributed by atoms with van der Waals surface area (Å²) >= 11 is 1.62. The number of hydrogen-bond donors (Lipinski definition) is 1. The van der Waals surface area contributed by atoms with Gasteiger partial charge in [0.15, 0.2) is 0 Å². The van der Waals surface area contributed by atoms with Gasteiger partial charge in [0.2, 0.25) is 11.7 Å². The van der Waals surface area contributed by atoms with Crippen LogP contribution in [0.4, 0.5) is 5.69 Å². The first-order valence-corrected chi connectivity index (χ1v) is 6.30. The third kappa shape index (κ3) is 2.00. The topological polar surface area (TPSA) is 82.8 Å². The van der Waals surface area contributed by atoms with Crippen molar-refractivity contribution in [3.8, 4) is 11.4 Å². The summed E-state index contributed by atoms with van der Waals surface area (Å²) in [7, 11) is 0. The van der Waals surface area contributed by atoms with Crippen LogP contribution in [0.5, 0.6) is 0 Å². The molecule has 3 aromatic rings. The summed E-state index contributed by atoms with van der Waals surface area (Å²) < 4.78 is 6.86. The maximum atomic E-state index is 5.59. The van der Waals surface area contributed by atoms with Gasteiger partial charge in [-0.15, -0.1) is 0 Å². The average Bonchev–Trinajstić information content (AvgIpc) is 3.02. The van der Waals surface area contributed by atoms with E-state index in [1.54, 1.807) is 28.4 Å². The zero-order chi connectivity index (χ0) is 12.5. The van der Waals surface area contributed by atoms with E-state index < -0.39 is 0 Å². The van der Waals surface area contributed by atoms with Crippen LogP contribution in [0.1, 0.15) is 11.5 Å². The van der Waals surface area contributed by atoms with E-state index in [1.807, 2.05) is 12.3 Å². The first kappa shape index (κ1) is 11.0. The number of nitrogen functional groups attached to an aromatic ring is 1. The van der Waals surface area contributed by atoms with Gasteiger partial charge in [0, 0.05) is 17.1 Å². The molecule has 0 unspecified atom stereocenters. The number of thiophene rings is 1. The number of aromatic nitrogens is 4. The zero-order valence-electron chi connectivity index (χ0n) is 9.70. The van der Waals surface area contributed by atoms with Crippen molar-refractivity contribution in [3.05, 3.63) is 34.6 Å². The minimum absolute atomic E-state index is 0.424. The third-order valence-corrected chi connectivity index (χ3v) is 3.38. The lowest BCUT2D eigenvalue weighted by molar-refractivity contribution is 0.366. The first-order valence-electron chi connectivity index (χ1n) is 5.36. The van der Waals surface area contributed by atoms with Gasteiger partial charge in [0.05, 0.1) is 11.9 Å². The largest absolute Gasteiger partial charge is 0.396 e. The summed E-state index contributed by atoms with van der Waals surface area (Å²) in [5, 5.41) is 12.1. The molecule has 6 nitrogen and oxygen atoms in total. The Morgan fingerprint density at radius 2 is 2.33 bits per heavy atom. The van der Waals surface area contributed by atoms with Crippen molar-refractivity contribution in [2.45, 2.75) is 13.5 Å². The molecule has 3 rings (SSSR count). The molecule has 0 saturated heterocycles. The van der Waals surface area contributed by atoms with Crippen molar-refractivity contribution in [1.82, 2.24) is 19.9 Å². The summed E-state index contributed by atoms with van der Waals surface area (Å²) in [4.78, 5) is 4.35. The molecule has 0 spiro atoms. The molecule has 0 fully saturated rings. The van der Waals surface area contributed by atoms with E-state index in [2.05, 4.69) is 20.6 Å². The number of nitrogens with two attached hydrogens (primary N) is 1. The summed E-state index contributed by atoms with van der Waals surface area (Å²) in [5.74, 6) is 1.13. The second-order valence-corrected chi connectivity index (χ2v) is 4.70. The van der Waals surface area contributed by atoms with Crippen molar-refractivity contribution in [3.63, 3.8) is 0 Å². The van der Waals surface area contributed by atoms with Crippen LogP contribution in [0, 0.1) is 6.92 Å². The highest BCUT2D eigenvalue weighted by Gasteiger charge is 2.12. The maximum Gasteiger partial charge on any atom is 0.248 e. The molecule has 0 saturated carbocycles. The van der Waals surface area contributed by atoms with Gasteiger partial charge in [0.1, 0.15) is 6.54 Å². The Morgan fingerprint density at radius 3 is 3.00 bits per heavy atom. The van der Waals surface area contributed by atoms with E-state index >= 15 is 0 Å². The van der Waals surface area contributed by atoms with Gasteiger partial charge in [-0.1, -0.05) is 5.16 Å². The van der Waals surface area contributed by atoms with Crippen molar-refractivity contribution in [2.24, 2.45) is 0 Å². The SMILES string of the molecule is Cc1cscc1-c1noc(Cn2cc(N)cn2)n1. The second-order valence-electron chi connectivity index (χ2n) is 3.95. The lowest BCUT2D eigenvalue weighted by atomic mass is 10.2. The van der Waals surface area contributed by atoms with Gasteiger partial charge in [-0.25, -0.2) is 0 Å². The summed E-state index contributed by atoms with van der Waals surface area (Å²) in [6.07, 6.45) is 3.31. The molecule has 18 heavy (non-hydrogen) atoms. The van der Waals surface area contributed by atoms with Crippen molar-refractivity contribution >= 4 is 17.0 Å². The van der Waals surface area contributed by atoms with E-state index in [0.29, 0.717) is 23.9 Å². The molecule has 3 heterocycles. The smallest absolute Gasteiger partial charge is 0.248 e. The molecule has 2 N–H and O–H groups in total. The van der Waals surface area contributed by atoms with Crippen LogP contribution >= 0.6 is 11.3 Å². The van der Waals surface area contributed by atoms with Crippen LogP contribution in [-0.4, -0.2) is 19.9 Å².